The van der Waals surface area contributed by atoms with Crippen molar-refractivity contribution >= 4 is 11.6 Å². The van der Waals surface area contributed by atoms with Crippen molar-refractivity contribution in [2.75, 3.05) is 26.2 Å². The van der Waals surface area contributed by atoms with Crippen LogP contribution in [0.15, 0.2) is 48.5 Å². The summed E-state index contributed by atoms with van der Waals surface area (Å²) in [5.74, 6) is -0.116. The average Bonchev–Trinajstić information content (AvgIpc) is 2.56. The molecule has 0 aromatic heterocycles. The highest BCUT2D eigenvalue weighted by molar-refractivity contribution is 5.94. The van der Waals surface area contributed by atoms with Crippen molar-refractivity contribution < 1.29 is 26.5 Å². The zero-order chi connectivity index (χ0) is 15.5. The first-order valence-corrected chi connectivity index (χ1v) is 7.60. The lowest BCUT2D eigenvalue weighted by Crippen LogP contribution is -3.10. The van der Waals surface area contributed by atoms with E-state index in [1.807, 2.05) is 48.2 Å². The Hall–Kier alpha value is -1.91. The highest BCUT2D eigenvalue weighted by atomic mass is 35.5. The zero-order valence-corrected chi connectivity index (χ0v) is 13.8. The molecule has 1 amide bonds. The second-order valence-electron chi connectivity index (χ2n) is 5.77. The maximum atomic E-state index is 13.0. The summed E-state index contributed by atoms with van der Waals surface area (Å²) in [5, 5.41) is 0. The van der Waals surface area contributed by atoms with E-state index >= 15 is 0 Å². The third kappa shape index (κ3) is 4.09. The molecule has 122 valence electrons. The van der Waals surface area contributed by atoms with Crippen LogP contribution in [-0.2, 0) is 0 Å². The molecule has 3 nitrogen and oxygen atoms in total. The lowest BCUT2D eigenvalue weighted by Gasteiger charge is -2.32. The van der Waals surface area contributed by atoms with E-state index in [-0.39, 0.29) is 24.1 Å². The normalized spacial score (nSPS) is 15.1. The fourth-order valence-corrected chi connectivity index (χ4v) is 2.83. The summed E-state index contributed by atoms with van der Waals surface area (Å²) in [6.07, 6.45) is 0. The fourth-order valence-electron chi connectivity index (χ4n) is 2.83. The van der Waals surface area contributed by atoms with Crippen LogP contribution in [0.2, 0.25) is 0 Å². The van der Waals surface area contributed by atoms with Gasteiger partial charge >= 0.3 is 0 Å². The van der Waals surface area contributed by atoms with Crippen molar-refractivity contribution in [3.63, 3.8) is 0 Å². The molecule has 1 fully saturated rings. The smallest absolute Gasteiger partial charge is 0.254 e. The number of carbonyl (C=O) groups excluding carboxylic acids is 1. The van der Waals surface area contributed by atoms with Gasteiger partial charge < -0.3 is 17.3 Å². The number of carbonyl (C=O) groups is 1. The van der Waals surface area contributed by atoms with Crippen molar-refractivity contribution in [1.82, 2.24) is 4.90 Å². The molecule has 1 N–H and O–H groups in total. The number of halogens is 2. The SMILES string of the molecule is Cc1ccc(C(=O)N2CC[NH+](c3ccc(F)cc3)CC2)cc1.[Cl-]. The number of rotatable bonds is 2. The van der Waals surface area contributed by atoms with Crippen LogP contribution < -0.4 is 17.3 Å². The molecule has 0 radical (unpaired) electrons. The predicted octanol–water partition coefficient (Wildman–Crippen LogP) is -1.19. The van der Waals surface area contributed by atoms with Crippen LogP contribution in [0.4, 0.5) is 10.1 Å². The Bertz CT molecular complexity index is 650. The van der Waals surface area contributed by atoms with Crippen molar-refractivity contribution in [2.24, 2.45) is 0 Å². The van der Waals surface area contributed by atoms with E-state index in [9.17, 15) is 9.18 Å². The first-order chi connectivity index (χ1) is 10.6. The summed E-state index contributed by atoms with van der Waals surface area (Å²) >= 11 is 0. The number of nitrogens with zero attached hydrogens (tertiary/aromatic N) is 1. The van der Waals surface area contributed by atoms with Crippen molar-refractivity contribution in [2.45, 2.75) is 6.92 Å². The maximum absolute atomic E-state index is 13.0. The van der Waals surface area contributed by atoms with Crippen LogP contribution in [0.3, 0.4) is 0 Å². The van der Waals surface area contributed by atoms with Crippen LogP contribution in [0.5, 0.6) is 0 Å². The molecule has 23 heavy (non-hydrogen) atoms. The number of nitrogens with one attached hydrogen (secondary N) is 1. The van der Waals surface area contributed by atoms with Crippen LogP contribution in [0.25, 0.3) is 0 Å². The summed E-state index contributed by atoms with van der Waals surface area (Å²) in [5.41, 5.74) is 2.99. The summed E-state index contributed by atoms with van der Waals surface area (Å²) in [6, 6.07) is 14.3. The van der Waals surface area contributed by atoms with E-state index in [4.69, 9.17) is 0 Å². The molecule has 3 rings (SSSR count). The molecule has 0 bridgehead atoms. The number of benzene rings is 2. The average molecular weight is 335 g/mol. The molecule has 2 aromatic carbocycles. The van der Waals surface area contributed by atoms with Gasteiger partial charge in [0.1, 0.15) is 11.5 Å². The molecule has 1 aliphatic rings. The Morgan fingerprint density at radius 2 is 1.57 bits per heavy atom. The summed E-state index contributed by atoms with van der Waals surface area (Å²) in [4.78, 5) is 15.7. The molecule has 0 aliphatic carbocycles. The molecule has 0 unspecified atom stereocenters. The number of amides is 1. The molecule has 1 saturated heterocycles. The van der Waals surface area contributed by atoms with Crippen LogP contribution >= 0.6 is 0 Å². The molecule has 0 atom stereocenters. The third-order valence-corrected chi connectivity index (χ3v) is 4.21. The molecule has 1 heterocycles. The topological polar surface area (TPSA) is 24.8 Å². The third-order valence-electron chi connectivity index (χ3n) is 4.21. The van der Waals surface area contributed by atoms with Crippen LogP contribution in [0.1, 0.15) is 15.9 Å². The molecule has 0 spiro atoms. The number of hydrogen-bond acceptors (Lipinski definition) is 1. The van der Waals surface area contributed by atoms with E-state index in [1.54, 1.807) is 0 Å². The molecular formula is C18H20ClFN2O. The van der Waals surface area contributed by atoms with Gasteiger partial charge in [0.25, 0.3) is 5.91 Å². The van der Waals surface area contributed by atoms with Gasteiger partial charge in [-0.3, -0.25) is 9.69 Å². The Balaban J connectivity index is 0.00000192. The highest BCUT2D eigenvalue weighted by Gasteiger charge is 2.25. The summed E-state index contributed by atoms with van der Waals surface area (Å²) in [7, 11) is 0. The van der Waals surface area contributed by atoms with Crippen molar-refractivity contribution in [1.29, 1.82) is 0 Å². The lowest BCUT2D eigenvalue weighted by atomic mass is 10.1. The lowest BCUT2D eigenvalue weighted by molar-refractivity contribution is -0.837. The van der Waals surface area contributed by atoms with Crippen LogP contribution in [-0.4, -0.2) is 37.0 Å². The molecule has 5 heteroatoms. The Morgan fingerprint density at radius 1 is 1.00 bits per heavy atom. The van der Waals surface area contributed by atoms with Gasteiger partial charge in [0, 0.05) is 17.7 Å². The standard InChI is InChI=1S/C18H19FN2O.ClH/c1-14-2-4-15(5-3-14)18(22)21-12-10-20(11-13-21)17-8-6-16(19)7-9-17;/h2-9H,10-13H2,1H3;1H. The van der Waals surface area contributed by atoms with E-state index in [0.717, 1.165) is 43.0 Å². The molecule has 0 saturated carbocycles. The van der Waals surface area contributed by atoms with Crippen LogP contribution in [0, 0.1) is 12.7 Å². The number of piperazine rings is 1. The Labute approximate surface area is 142 Å². The number of aryl methyl sites for hydroxylation is 1. The van der Waals surface area contributed by atoms with E-state index < -0.39 is 0 Å². The van der Waals surface area contributed by atoms with E-state index in [2.05, 4.69) is 0 Å². The second kappa shape index (κ2) is 7.57. The Morgan fingerprint density at radius 3 is 2.13 bits per heavy atom. The zero-order valence-electron chi connectivity index (χ0n) is 13.1. The summed E-state index contributed by atoms with van der Waals surface area (Å²) < 4.78 is 13.0. The number of hydrogen-bond donors (Lipinski definition) is 1. The highest BCUT2D eigenvalue weighted by Crippen LogP contribution is 2.09. The first-order valence-electron chi connectivity index (χ1n) is 7.60. The van der Waals surface area contributed by atoms with Gasteiger partial charge in [0.05, 0.1) is 26.2 Å². The van der Waals surface area contributed by atoms with Crippen molar-refractivity contribution in [3.8, 4) is 0 Å². The fraction of sp³-hybridized carbons (Fsp3) is 0.278. The van der Waals surface area contributed by atoms with E-state index in [1.165, 1.54) is 17.0 Å². The Kier molecular flexibility index (Phi) is 5.74. The minimum absolute atomic E-state index is 0. The van der Waals surface area contributed by atoms with E-state index in [0.29, 0.717) is 0 Å². The monoisotopic (exact) mass is 334 g/mol. The predicted molar refractivity (Wildman–Crippen MR) is 83.8 cm³/mol. The van der Waals surface area contributed by atoms with Gasteiger partial charge in [0.2, 0.25) is 0 Å². The summed E-state index contributed by atoms with van der Waals surface area (Å²) in [6.45, 7) is 5.16. The van der Waals surface area contributed by atoms with Gasteiger partial charge in [-0.05, 0) is 31.2 Å². The maximum Gasteiger partial charge on any atom is 0.254 e. The molecule has 1 aliphatic heterocycles. The van der Waals surface area contributed by atoms with Gasteiger partial charge in [-0.2, -0.15) is 0 Å². The first kappa shape index (κ1) is 17.4. The minimum Gasteiger partial charge on any atom is -1.00 e. The molecular weight excluding hydrogens is 315 g/mol. The second-order valence-corrected chi connectivity index (χ2v) is 5.77. The van der Waals surface area contributed by atoms with Gasteiger partial charge in [-0.15, -0.1) is 0 Å². The molecule has 2 aromatic rings. The largest absolute Gasteiger partial charge is 1.00 e. The van der Waals surface area contributed by atoms with Gasteiger partial charge in [-0.25, -0.2) is 4.39 Å². The van der Waals surface area contributed by atoms with Gasteiger partial charge in [0.15, 0.2) is 0 Å². The van der Waals surface area contributed by atoms with Gasteiger partial charge in [-0.1, -0.05) is 17.7 Å². The minimum atomic E-state index is -0.212. The number of quaternary nitrogens is 1. The van der Waals surface area contributed by atoms with Crippen molar-refractivity contribution in [3.05, 3.63) is 65.5 Å². The quantitative estimate of drug-likeness (QED) is 0.734.